The fourth-order valence-corrected chi connectivity index (χ4v) is 3.05. The second kappa shape index (κ2) is 5.92. The van der Waals surface area contributed by atoms with E-state index < -0.39 is 0 Å². The van der Waals surface area contributed by atoms with Crippen molar-refractivity contribution in [2.75, 3.05) is 12.4 Å². The fraction of sp³-hybridized carbons (Fsp3) is 0.235. The molecule has 0 amide bonds. The predicted molar refractivity (Wildman–Crippen MR) is 86.3 cm³/mol. The lowest BCUT2D eigenvalue weighted by molar-refractivity contribution is 0.412. The monoisotopic (exact) mass is 325 g/mol. The molecule has 0 spiro atoms. The standard InChI is InChI=1S/C17H16FN5O/c1-24-14-8-4-11(5-9-14)15-10-16(12-2-6-13(18)7-3-12)23-17(19-15)20-21-22-23/h2-9,15-16H,10H2,1H3,(H,19,20,22)/t15-,16+/m0/s1. The summed E-state index contributed by atoms with van der Waals surface area (Å²) >= 11 is 0. The fourth-order valence-electron chi connectivity index (χ4n) is 3.05. The van der Waals surface area contributed by atoms with E-state index in [0.29, 0.717) is 5.95 Å². The van der Waals surface area contributed by atoms with Gasteiger partial charge in [0, 0.05) is 0 Å². The van der Waals surface area contributed by atoms with Crippen LogP contribution in [0, 0.1) is 5.82 Å². The second-order valence-electron chi connectivity index (χ2n) is 5.72. The molecule has 0 radical (unpaired) electrons. The Labute approximate surface area is 138 Å². The topological polar surface area (TPSA) is 64.9 Å². The molecule has 6 nitrogen and oxygen atoms in total. The van der Waals surface area contributed by atoms with Gasteiger partial charge in [-0.2, -0.15) is 0 Å². The van der Waals surface area contributed by atoms with E-state index in [-0.39, 0.29) is 17.9 Å². The molecule has 0 unspecified atom stereocenters. The Bertz CT molecular complexity index is 831. The second-order valence-corrected chi connectivity index (χ2v) is 5.72. The number of nitrogens with one attached hydrogen (secondary N) is 1. The van der Waals surface area contributed by atoms with Crippen LogP contribution < -0.4 is 10.1 Å². The van der Waals surface area contributed by atoms with Gasteiger partial charge in [0.05, 0.1) is 19.2 Å². The summed E-state index contributed by atoms with van der Waals surface area (Å²) in [6, 6.07) is 14.4. The molecule has 2 atom stereocenters. The molecule has 0 saturated heterocycles. The van der Waals surface area contributed by atoms with Crippen LogP contribution in [0.15, 0.2) is 48.5 Å². The number of halogens is 1. The third-order valence-corrected chi connectivity index (χ3v) is 4.32. The predicted octanol–water partition coefficient (Wildman–Crippen LogP) is 2.97. The lowest BCUT2D eigenvalue weighted by Crippen LogP contribution is -2.28. The summed E-state index contributed by atoms with van der Waals surface area (Å²) in [6.45, 7) is 0. The lowest BCUT2D eigenvalue weighted by atomic mass is 9.93. The molecule has 0 aliphatic carbocycles. The molecule has 2 aromatic carbocycles. The number of nitrogens with zero attached hydrogens (tertiary/aromatic N) is 4. The van der Waals surface area contributed by atoms with Crippen LogP contribution in [0.3, 0.4) is 0 Å². The summed E-state index contributed by atoms with van der Waals surface area (Å²) in [5.41, 5.74) is 2.10. The van der Waals surface area contributed by atoms with Gasteiger partial charge in [-0.1, -0.05) is 29.4 Å². The largest absolute Gasteiger partial charge is 0.497 e. The molecule has 4 rings (SSSR count). The quantitative estimate of drug-likeness (QED) is 0.802. The minimum absolute atomic E-state index is 0.0519. The summed E-state index contributed by atoms with van der Waals surface area (Å²) in [6.07, 6.45) is 0.760. The van der Waals surface area contributed by atoms with Crippen molar-refractivity contribution in [3.8, 4) is 5.75 Å². The minimum Gasteiger partial charge on any atom is -0.497 e. The highest BCUT2D eigenvalue weighted by Gasteiger charge is 2.30. The number of rotatable bonds is 3. The number of ether oxygens (including phenoxy) is 1. The first-order valence-electron chi connectivity index (χ1n) is 7.68. The van der Waals surface area contributed by atoms with Crippen LogP contribution in [0.4, 0.5) is 10.3 Å². The number of fused-ring (bicyclic) bond motifs is 1. The van der Waals surface area contributed by atoms with E-state index in [2.05, 4.69) is 20.8 Å². The molecule has 122 valence electrons. The number of benzene rings is 2. The van der Waals surface area contributed by atoms with Gasteiger partial charge in [0.2, 0.25) is 5.95 Å². The molecule has 1 aliphatic rings. The zero-order valence-corrected chi connectivity index (χ0v) is 13.1. The van der Waals surface area contributed by atoms with Gasteiger partial charge in [0.15, 0.2) is 0 Å². The summed E-state index contributed by atoms with van der Waals surface area (Å²) in [5.74, 6) is 1.17. The van der Waals surface area contributed by atoms with Crippen molar-refractivity contribution in [1.29, 1.82) is 0 Å². The van der Waals surface area contributed by atoms with E-state index in [4.69, 9.17) is 4.74 Å². The van der Waals surface area contributed by atoms with Crippen LogP contribution in [0.2, 0.25) is 0 Å². The van der Waals surface area contributed by atoms with Crippen molar-refractivity contribution >= 4 is 5.95 Å². The van der Waals surface area contributed by atoms with Crippen molar-refractivity contribution in [2.24, 2.45) is 0 Å². The summed E-state index contributed by atoms with van der Waals surface area (Å²) in [5, 5.41) is 15.2. The van der Waals surface area contributed by atoms with Crippen LogP contribution in [0.1, 0.15) is 29.6 Å². The Kier molecular flexibility index (Phi) is 3.60. The van der Waals surface area contributed by atoms with E-state index in [1.165, 1.54) is 12.1 Å². The maximum atomic E-state index is 13.2. The first-order chi connectivity index (χ1) is 11.7. The van der Waals surface area contributed by atoms with Crippen molar-refractivity contribution in [3.63, 3.8) is 0 Å². The van der Waals surface area contributed by atoms with E-state index >= 15 is 0 Å². The highest BCUT2D eigenvalue weighted by Crippen LogP contribution is 2.37. The van der Waals surface area contributed by atoms with Gasteiger partial charge in [-0.3, -0.25) is 0 Å². The van der Waals surface area contributed by atoms with Crippen molar-refractivity contribution in [1.82, 2.24) is 20.2 Å². The zero-order valence-electron chi connectivity index (χ0n) is 13.1. The van der Waals surface area contributed by atoms with Crippen molar-refractivity contribution in [3.05, 3.63) is 65.5 Å². The third-order valence-electron chi connectivity index (χ3n) is 4.32. The Hall–Kier alpha value is -2.96. The average Bonchev–Trinajstić information content (AvgIpc) is 3.10. The normalized spacial score (nSPS) is 19.4. The molecular formula is C17H16FN5O. The molecule has 1 aromatic heterocycles. The summed E-state index contributed by atoms with van der Waals surface area (Å²) in [7, 11) is 1.65. The van der Waals surface area contributed by atoms with Crippen LogP contribution in [-0.2, 0) is 0 Å². The Morgan fingerprint density at radius 1 is 1.08 bits per heavy atom. The number of tetrazole rings is 1. The van der Waals surface area contributed by atoms with E-state index in [9.17, 15) is 4.39 Å². The van der Waals surface area contributed by atoms with Crippen molar-refractivity contribution < 1.29 is 9.13 Å². The number of anilines is 1. The van der Waals surface area contributed by atoms with Crippen molar-refractivity contribution in [2.45, 2.75) is 18.5 Å². The Balaban J connectivity index is 1.68. The maximum Gasteiger partial charge on any atom is 0.243 e. The highest BCUT2D eigenvalue weighted by molar-refractivity contribution is 5.39. The molecule has 1 aliphatic heterocycles. The molecule has 0 saturated carbocycles. The highest BCUT2D eigenvalue weighted by atomic mass is 19.1. The Morgan fingerprint density at radius 2 is 1.79 bits per heavy atom. The lowest BCUT2D eigenvalue weighted by Gasteiger charge is -2.31. The third kappa shape index (κ3) is 2.58. The smallest absolute Gasteiger partial charge is 0.243 e. The maximum absolute atomic E-state index is 13.2. The molecule has 0 bridgehead atoms. The van der Waals surface area contributed by atoms with E-state index in [0.717, 1.165) is 23.3 Å². The van der Waals surface area contributed by atoms with Gasteiger partial charge in [0.25, 0.3) is 0 Å². The number of methoxy groups -OCH3 is 1. The molecule has 3 aromatic rings. The van der Waals surface area contributed by atoms with Gasteiger partial charge >= 0.3 is 0 Å². The first kappa shape index (κ1) is 14.6. The van der Waals surface area contributed by atoms with Crippen LogP contribution in [-0.4, -0.2) is 27.3 Å². The average molecular weight is 325 g/mol. The van der Waals surface area contributed by atoms with Crippen LogP contribution in [0.5, 0.6) is 5.75 Å². The molecular weight excluding hydrogens is 309 g/mol. The van der Waals surface area contributed by atoms with Gasteiger partial charge in [-0.15, -0.1) is 0 Å². The molecule has 2 heterocycles. The van der Waals surface area contributed by atoms with Crippen LogP contribution >= 0.6 is 0 Å². The van der Waals surface area contributed by atoms with E-state index in [1.807, 2.05) is 24.3 Å². The number of hydrogen-bond acceptors (Lipinski definition) is 5. The number of aromatic nitrogens is 4. The molecule has 7 heteroatoms. The Morgan fingerprint density at radius 3 is 2.50 bits per heavy atom. The van der Waals surface area contributed by atoms with Crippen LogP contribution in [0.25, 0.3) is 0 Å². The van der Waals surface area contributed by atoms with Gasteiger partial charge in [0.1, 0.15) is 11.6 Å². The zero-order chi connectivity index (χ0) is 16.5. The van der Waals surface area contributed by atoms with E-state index in [1.54, 1.807) is 23.9 Å². The summed E-state index contributed by atoms with van der Waals surface area (Å²) in [4.78, 5) is 0. The molecule has 24 heavy (non-hydrogen) atoms. The summed E-state index contributed by atoms with van der Waals surface area (Å²) < 4.78 is 20.2. The minimum atomic E-state index is -0.253. The SMILES string of the molecule is COc1ccc([C@@H]2C[C@H](c3ccc(F)cc3)n3nnnc3N2)cc1. The molecule has 0 fully saturated rings. The van der Waals surface area contributed by atoms with Gasteiger partial charge in [-0.05, 0) is 52.2 Å². The van der Waals surface area contributed by atoms with Gasteiger partial charge in [-0.25, -0.2) is 9.07 Å². The van der Waals surface area contributed by atoms with Gasteiger partial charge < -0.3 is 10.1 Å². The first-order valence-corrected chi connectivity index (χ1v) is 7.68. The molecule has 1 N–H and O–H groups in total. The number of hydrogen-bond donors (Lipinski definition) is 1.